The molecule has 2 aliphatic carbocycles. The van der Waals surface area contributed by atoms with Crippen LogP contribution in [0.15, 0.2) is 35.4 Å². The summed E-state index contributed by atoms with van der Waals surface area (Å²) in [4.78, 5) is 30.4. The van der Waals surface area contributed by atoms with Gasteiger partial charge in [-0.15, -0.1) is 0 Å². The number of hydrogen-bond acceptors (Lipinski definition) is 8. The van der Waals surface area contributed by atoms with E-state index in [-0.39, 0.29) is 23.7 Å². The molecule has 2 aliphatic rings. The van der Waals surface area contributed by atoms with Crippen LogP contribution in [0.3, 0.4) is 0 Å². The van der Waals surface area contributed by atoms with Gasteiger partial charge in [0.25, 0.3) is 5.56 Å². The van der Waals surface area contributed by atoms with Crippen LogP contribution >= 0.6 is 0 Å². The number of carbonyl (C=O) groups is 1. The van der Waals surface area contributed by atoms with Crippen molar-refractivity contribution in [1.82, 2.24) is 19.2 Å². The van der Waals surface area contributed by atoms with Crippen molar-refractivity contribution in [2.75, 3.05) is 24.3 Å². The summed E-state index contributed by atoms with van der Waals surface area (Å²) < 4.78 is 8.84. The summed E-state index contributed by atoms with van der Waals surface area (Å²) in [5, 5.41) is 20.3. The van der Waals surface area contributed by atoms with Gasteiger partial charge >= 0.3 is 0 Å². The zero-order valence-corrected chi connectivity index (χ0v) is 18.5. The molecule has 1 unspecified atom stereocenters. The monoisotopic (exact) mass is 452 g/mol. The van der Waals surface area contributed by atoms with E-state index in [1.54, 1.807) is 40.5 Å². The highest BCUT2D eigenvalue weighted by Crippen LogP contribution is 2.32. The van der Waals surface area contributed by atoms with Crippen molar-refractivity contribution in [2.45, 2.75) is 50.9 Å². The van der Waals surface area contributed by atoms with Crippen molar-refractivity contribution in [2.24, 2.45) is 5.92 Å². The largest absolute Gasteiger partial charge is 0.393 e. The molecule has 2 atom stereocenters. The summed E-state index contributed by atoms with van der Waals surface area (Å²) in [5.41, 5.74) is 1.01. The second-order valence-corrected chi connectivity index (χ2v) is 8.72. The molecule has 2 saturated carbocycles. The Morgan fingerprint density at radius 3 is 2.85 bits per heavy atom. The van der Waals surface area contributed by atoms with Crippen molar-refractivity contribution in [1.29, 1.82) is 0 Å². The minimum absolute atomic E-state index is 0.00999. The average molecular weight is 453 g/mol. The number of ether oxygens (including phenoxy) is 1. The van der Waals surface area contributed by atoms with Crippen LogP contribution in [0.1, 0.15) is 42.5 Å². The SMILES string of the molecule is CNc1cc(Nc2cccn(CCOC3CC3)c2=O)nc2c(C(=O)CC3CC[C@H]3O)cnn12. The van der Waals surface area contributed by atoms with Gasteiger partial charge in [0.1, 0.15) is 17.3 Å². The van der Waals surface area contributed by atoms with Crippen molar-refractivity contribution in [3.8, 4) is 0 Å². The molecule has 174 valence electrons. The van der Waals surface area contributed by atoms with Crippen LogP contribution in [0, 0.1) is 5.92 Å². The second-order valence-electron chi connectivity index (χ2n) is 8.72. The first-order valence-corrected chi connectivity index (χ1v) is 11.4. The molecule has 0 aromatic carbocycles. The third-order valence-electron chi connectivity index (χ3n) is 6.35. The zero-order valence-electron chi connectivity index (χ0n) is 18.5. The molecule has 0 radical (unpaired) electrons. The van der Waals surface area contributed by atoms with Gasteiger partial charge in [0, 0.05) is 32.3 Å². The Morgan fingerprint density at radius 2 is 2.15 bits per heavy atom. The molecule has 3 aromatic rings. The van der Waals surface area contributed by atoms with Gasteiger partial charge in [0.05, 0.1) is 30.6 Å². The molecular weight excluding hydrogens is 424 g/mol. The van der Waals surface area contributed by atoms with E-state index < -0.39 is 6.10 Å². The first kappa shape index (κ1) is 21.6. The number of hydrogen-bond donors (Lipinski definition) is 3. The number of aromatic nitrogens is 4. The molecule has 3 heterocycles. The van der Waals surface area contributed by atoms with Gasteiger partial charge in [-0.3, -0.25) is 9.59 Å². The molecule has 3 aromatic heterocycles. The van der Waals surface area contributed by atoms with E-state index in [9.17, 15) is 14.7 Å². The number of fused-ring (bicyclic) bond motifs is 1. The average Bonchev–Trinajstić information content (AvgIpc) is 3.54. The molecule has 3 N–H and O–H groups in total. The lowest BCUT2D eigenvalue weighted by molar-refractivity contribution is 0.0199. The van der Waals surface area contributed by atoms with Crippen LogP contribution in [0.25, 0.3) is 5.65 Å². The zero-order chi connectivity index (χ0) is 22.9. The van der Waals surface area contributed by atoms with Crippen molar-refractivity contribution >= 4 is 28.8 Å². The van der Waals surface area contributed by atoms with E-state index in [0.717, 1.165) is 25.7 Å². The molecule has 0 aliphatic heterocycles. The summed E-state index contributed by atoms with van der Waals surface area (Å²) in [7, 11) is 1.75. The highest BCUT2D eigenvalue weighted by molar-refractivity contribution is 6.01. The Balaban J connectivity index is 1.40. The summed E-state index contributed by atoms with van der Waals surface area (Å²) >= 11 is 0. The lowest BCUT2D eigenvalue weighted by Gasteiger charge is -2.31. The van der Waals surface area contributed by atoms with E-state index in [0.29, 0.717) is 47.8 Å². The van der Waals surface area contributed by atoms with Gasteiger partial charge in [-0.05, 0) is 43.7 Å². The molecule has 2 fully saturated rings. The number of anilines is 3. The second kappa shape index (κ2) is 8.95. The van der Waals surface area contributed by atoms with Gasteiger partial charge in [-0.1, -0.05) is 0 Å². The summed E-state index contributed by atoms with van der Waals surface area (Å²) in [6.45, 7) is 0.979. The summed E-state index contributed by atoms with van der Waals surface area (Å²) in [5.74, 6) is 0.941. The Kier molecular flexibility index (Phi) is 5.86. The maximum Gasteiger partial charge on any atom is 0.274 e. The molecule has 10 heteroatoms. The highest BCUT2D eigenvalue weighted by Gasteiger charge is 2.32. The molecule has 10 nitrogen and oxygen atoms in total. The number of Topliss-reactive ketones (excluding diaryl/α,β-unsaturated/α-hetero) is 1. The quantitative estimate of drug-likeness (QED) is 0.400. The van der Waals surface area contributed by atoms with Crippen LogP contribution in [0.5, 0.6) is 0 Å². The number of carbonyl (C=O) groups excluding carboxylic acids is 1. The lowest BCUT2D eigenvalue weighted by Crippen LogP contribution is -2.32. The third kappa shape index (κ3) is 4.49. The number of nitrogens with zero attached hydrogens (tertiary/aromatic N) is 4. The van der Waals surface area contributed by atoms with Crippen LogP contribution in [-0.4, -0.2) is 55.9 Å². The van der Waals surface area contributed by atoms with Gasteiger partial charge in [-0.25, -0.2) is 4.98 Å². The number of aliphatic hydroxyl groups is 1. The molecular formula is C23H28N6O4. The minimum atomic E-state index is -0.413. The highest BCUT2D eigenvalue weighted by atomic mass is 16.5. The molecule has 5 rings (SSSR count). The third-order valence-corrected chi connectivity index (χ3v) is 6.35. The van der Waals surface area contributed by atoms with E-state index >= 15 is 0 Å². The van der Waals surface area contributed by atoms with Crippen LogP contribution in [-0.2, 0) is 11.3 Å². The Bertz CT molecular complexity index is 1230. The fourth-order valence-electron chi connectivity index (χ4n) is 4.04. The number of rotatable bonds is 10. The van der Waals surface area contributed by atoms with E-state index in [2.05, 4.69) is 20.7 Å². The van der Waals surface area contributed by atoms with Crippen molar-refractivity contribution < 1.29 is 14.6 Å². The van der Waals surface area contributed by atoms with Crippen LogP contribution in [0.2, 0.25) is 0 Å². The number of ketones is 1. The van der Waals surface area contributed by atoms with E-state index in [4.69, 9.17) is 4.74 Å². The summed E-state index contributed by atoms with van der Waals surface area (Å²) in [6.07, 6.45) is 7.23. The first-order chi connectivity index (χ1) is 16.0. The fraction of sp³-hybridized carbons (Fsp3) is 0.478. The van der Waals surface area contributed by atoms with Gasteiger partial charge in [0.15, 0.2) is 11.4 Å². The van der Waals surface area contributed by atoms with Gasteiger partial charge in [0.2, 0.25) is 0 Å². The predicted molar refractivity (Wildman–Crippen MR) is 123 cm³/mol. The Hall–Kier alpha value is -3.24. The maximum atomic E-state index is 12.9. The molecule has 0 spiro atoms. The fourth-order valence-corrected chi connectivity index (χ4v) is 4.04. The first-order valence-electron chi connectivity index (χ1n) is 11.4. The predicted octanol–water partition coefficient (Wildman–Crippen LogP) is 2.20. The van der Waals surface area contributed by atoms with E-state index in [1.165, 1.54) is 6.20 Å². The lowest BCUT2D eigenvalue weighted by atomic mass is 9.78. The Morgan fingerprint density at radius 1 is 1.30 bits per heavy atom. The standard InChI is InChI=1S/C23H28N6O4/c1-24-21-12-20(26-17-3-2-8-28(23(17)32)9-10-33-15-5-6-15)27-22-16(13-25-29(21)22)19(31)11-14-4-7-18(14)30/h2-3,8,12-15,18,24,30H,4-7,9-11H2,1H3,(H,26,27)/t14?,18-/m1/s1. The van der Waals surface area contributed by atoms with Crippen molar-refractivity contribution in [3.63, 3.8) is 0 Å². The molecule has 0 saturated heterocycles. The van der Waals surface area contributed by atoms with Crippen molar-refractivity contribution in [3.05, 3.63) is 46.5 Å². The number of pyridine rings is 1. The normalized spacial score (nSPS) is 19.9. The maximum absolute atomic E-state index is 12.9. The Labute approximate surface area is 190 Å². The smallest absolute Gasteiger partial charge is 0.274 e. The van der Waals surface area contributed by atoms with Gasteiger partial charge in [-0.2, -0.15) is 9.61 Å². The van der Waals surface area contributed by atoms with Crippen LogP contribution < -0.4 is 16.2 Å². The summed E-state index contributed by atoms with van der Waals surface area (Å²) in [6, 6.07) is 5.24. The van der Waals surface area contributed by atoms with Gasteiger partial charge < -0.3 is 25.0 Å². The van der Waals surface area contributed by atoms with Crippen LogP contribution in [0.4, 0.5) is 17.3 Å². The number of aliphatic hydroxyl groups excluding tert-OH is 1. The topological polar surface area (TPSA) is 123 Å². The number of nitrogens with one attached hydrogen (secondary N) is 2. The molecule has 0 bridgehead atoms. The molecule has 0 amide bonds. The van der Waals surface area contributed by atoms with E-state index in [1.807, 2.05) is 0 Å². The molecule has 33 heavy (non-hydrogen) atoms. The minimum Gasteiger partial charge on any atom is -0.393 e.